The van der Waals surface area contributed by atoms with Crippen LogP contribution in [0.2, 0.25) is 0 Å². The summed E-state index contributed by atoms with van der Waals surface area (Å²) in [5.41, 5.74) is 0.961. The Labute approximate surface area is 140 Å². The Bertz CT molecular complexity index is 743. The van der Waals surface area contributed by atoms with E-state index in [0.29, 0.717) is 0 Å². The second kappa shape index (κ2) is 6.98. The fourth-order valence-electron chi connectivity index (χ4n) is 2.97. The van der Waals surface area contributed by atoms with Gasteiger partial charge in [-0.1, -0.05) is 12.5 Å². The molecule has 2 heterocycles. The number of nitrogens with zero attached hydrogens (tertiary/aromatic N) is 3. The molecule has 2 aromatic rings. The van der Waals surface area contributed by atoms with Crippen molar-refractivity contribution in [2.75, 3.05) is 5.32 Å². The van der Waals surface area contributed by atoms with Crippen molar-refractivity contribution in [3.8, 4) is 0 Å². The lowest BCUT2D eigenvalue weighted by atomic mass is 10.2. The SMILES string of the molecule is Cc1ccc(NC(=O)N[C@H](C)c2nnc3n2CCCCC3)c(F)c1. The van der Waals surface area contributed by atoms with E-state index in [9.17, 15) is 9.18 Å². The van der Waals surface area contributed by atoms with Crippen molar-refractivity contribution in [3.63, 3.8) is 0 Å². The van der Waals surface area contributed by atoms with Crippen molar-refractivity contribution in [3.05, 3.63) is 41.2 Å². The molecule has 0 spiro atoms. The fraction of sp³-hybridized carbons (Fsp3) is 0.471. The summed E-state index contributed by atoms with van der Waals surface area (Å²) < 4.78 is 15.9. The molecule has 6 nitrogen and oxygen atoms in total. The highest BCUT2D eigenvalue weighted by Gasteiger charge is 2.20. The molecular weight excluding hydrogens is 309 g/mol. The Morgan fingerprint density at radius 1 is 1.29 bits per heavy atom. The van der Waals surface area contributed by atoms with E-state index in [2.05, 4.69) is 25.4 Å². The molecule has 3 rings (SSSR count). The van der Waals surface area contributed by atoms with Crippen molar-refractivity contribution in [1.82, 2.24) is 20.1 Å². The number of halogens is 1. The van der Waals surface area contributed by atoms with Crippen LogP contribution in [-0.2, 0) is 13.0 Å². The standard InChI is InChI=1S/C17H22FN5O/c1-11-7-8-14(13(18)10-11)20-17(24)19-12(2)16-22-21-15-6-4-3-5-9-23(15)16/h7-8,10,12H,3-6,9H2,1-2H3,(H2,19,20,24)/t12-/m1/s1. The van der Waals surface area contributed by atoms with Gasteiger partial charge in [0.2, 0.25) is 0 Å². The van der Waals surface area contributed by atoms with Crippen LogP contribution < -0.4 is 10.6 Å². The molecule has 1 aromatic heterocycles. The molecule has 1 aliphatic heterocycles. The van der Waals surface area contributed by atoms with Gasteiger partial charge in [0.1, 0.15) is 11.6 Å². The second-order valence-corrected chi connectivity index (χ2v) is 6.24. The summed E-state index contributed by atoms with van der Waals surface area (Å²) in [6, 6.07) is 3.92. The smallest absolute Gasteiger partial charge is 0.319 e. The van der Waals surface area contributed by atoms with Crippen LogP contribution in [0, 0.1) is 12.7 Å². The maximum Gasteiger partial charge on any atom is 0.319 e. The minimum Gasteiger partial charge on any atom is -0.328 e. The summed E-state index contributed by atoms with van der Waals surface area (Å²) in [6.07, 6.45) is 4.30. The molecule has 0 aliphatic carbocycles. The van der Waals surface area contributed by atoms with Crippen molar-refractivity contribution in [2.45, 2.75) is 52.1 Å². The van der Waals surface area contributed by atoms with Gasteiger partial charge in [0.05, 0.1) is 11.7 Å². The Morgan fingerprint density at radius 2 is 2.12 bits per heavy atom. The lowest BCUT2D eigenvalue weighted by molar-refractivity contribution is 0.248. The molecule has 2 N–H and O–H groups in total. The van der Waals surface area contributed by atoms with Gasteiger partial charge in [-0.15, -0.1) is 10.2 Å². The quantitative estimate of drug-likeness (QED) is 0.906. The Kier molecular flexibility index (Phi) is 4.78. The van der Waals surface area contributed by atoms with Gasteiger partial charge < -0.3 is 15.2 Å². The number of fused-ring (bicyclic) bond motifs is 1. The molecular formula is C17H22FN5O. The third kappa shape index (κ3) is 3.55. The minimum absolute atomic E-state index is 0.158. The van der Waals surface area contributed by atoms with Gasteiger partial charge in [-0.25, -0.2) is 9.18 Å². The van der Waals surface area contributed by atoms with E-state index in [0.717, 1.165) is 43.0 Å². The molecule has 0 unspecified atom stereocenters. The lowest BCUT2D eigenvalue weighted by Crippen LogP contribution is -2.33. The Morgan fingerprint density at radius 3 is 2.92 bits per heavy atom. The van der Waals surface area contributed by atoms with Gasteiger partial charge in [0.25, 0.3) is 0 Å². The van der Waals surface area contributed by atoms with Gasteiger partial charge in [-0.3, -0.25) is 0 Å². The van der Waals surface area contributed by atoms with E-state index in [4.69, 9.17) is 0 Å². The lowest BCUT2D eigenvalue weighted by Gasteiger charge is -2.16. The topological polar surface area (TPSA) is 71.8 Å². The first-order chi connectivity index (χ1) is 11.5. The third-order valence-corrected chi connectivity index (χ3v) is 4.25. The molecule has 1 aliphatic rings. The molecule has 128 valence electrons. The summed E-state index contributed by atoms with van der Waals surface area (Å²) in [4.78, 5) is 12.1. The van der Waals surface area contributed by atoms with Crippen LogP contribution in [-0.4, -0.2) is 20.8 Å². The highest BCUT2D eigenvalue weighted by Crippen LogP contribution is 2.19. The fourth-order valence-corrected chi connectivity index (χ4v) is 2.97. The first kappa shape index (κ1) is 16.4. The number of benzene rings is 1. The first-order valence-corrected chi connectivity index (χ1v) is 8.30. The summed E-state index contributed by atoms with van der Waals surface area (Å²) in [5.74, 6) is 1.27. The zero-order chi connectivity index (χ0) is 17.1. The van der Waals surface area contributed by atoms with Gasteiger partial charge in [0.15, 0.2) is 5.82 Å². The van der Waals surface area contributed by atoms with Crippen LogP contribution in [0.25, 0.3) is 0 Å². The molecule has 2 amide bonds. The van der Waals surface area contributed by atoms with Crippen molar-refractivity contribution in [2.24, 2.45) is 0 Å². The summed E-state index contributed by atoms with van der Waals surface area (Å²) >= 11 is 0. The van der Waals surface area contributed by atoms with E-state index in [1.54, 1.807) is 19.1 Å². The predicted octanol–water partition coefficient (Wildman–Crippen LogP) is 3.33. The van der Waals surface area contributed by atoms with E-state index < -0.39 is 11.8 Å². The zero-order valence-electron chi connectivity index (χ0n) is 14.0. The van der Waals surface area contributed by atoms with Crippen molar-refractivity contribution < 1.29 is 9.18 Å². The predicted molar refractivity (Wildman–Crippen MR) is 89.3 cm³/mol. The molecule has 24 heavy (non-hydrogen) atoms. The van der Waals surface area contributed by atoms with Crippen LogP contribution in [0.1, 0.15) is 49.4 Å². The number of hydrogen-bond donors (Lipinski definition) is 2. The molecule has 0 radical (unpaired) electrons. The maximum atomic E-state index is 13.8. The van der Waals surface area contributed by atoms with E-state index >= 15 is 0 Å². The molecule has 0 fully saturated rings. The van der Waals surface area contributed by atoms with Crippen LogP contribution in [0.4, 0.5) is 14.9 Å². The Balaban J connectivity index is 1.67. The largest absolute Gasteiger partial charge is 0.328 e. The van der Waals surface area contributed by atoms with Crippen LogP contribution in [0.3, 0.4) is 0 Å². The van der Waals surface area contributed by atoms with Crippen LogP contribution in [0.15, 0.2) is 18.2 Å². The Hall–Kier alpha value is -2.44. The summed E-state index contributed by atoms with van der Waals surface area (Å²) in [6.45, 7) is 4.52. The number of nitrogens with one attached hydrogen (secondary N) is 2. The molecule has 1 aromatic carbocycles. The number of amides is 2. The van der Waals surface area contributed by atoms with Gasteiger partial charge >= 0.3 is 6.03 Å². The normalized spacial score (nSPS) is 15.3. The molecule has 7 heteroatoms. The maximum absolute atomic E-state index is 13.8. The number of urea groups is 1. The van der Waals surface area contributed by atoms with Gasteiger partial charge in [0, 0.05) is 13.0 Å². The zero-order valence-corrected chi connectivity index (χ0v) is 14.0. The number of rotatable bonds is 3. The van der Waals surface area contributed by atoms with Crippen molar-refractivity contribution >= 4 is 11.7 Å². The number of hydrogen-bond acceptors (Lipinski definition) is 3. The van der Waals surface area contributed by atoms with E-state index in [1.165, 1.54) is 12.5 Å². The highest BCUT2D eigenvalue weighted by molar-refractivity contribution is 5.89. The van der Waals surface area contributed by atoms with Crippen molar-refractivity contribution in [1.29, 1.82) is 0 Å². The highest BCUT2D eigenvalue weighted by atomic mass is 19.1. The second-order valence-electron chi connectivity index (χ2n) is 6.24. The number of anilines is 1. The minimum atomic E-state index is -0.462. The van der Waals surface area contributed by atoms with Gasteiger partial charge in [-0.2, -0.15) is 0 Å². The number of carbonyl (C=O) groups is 1. The summed E-state index contributed by atoms with van der Waals surface area (Å²) in [5, 5.41) is 13.8. The molecule has 1 atom stereocenters. The average Bonchev–Trinajstić information content (AvgIpc) is 2.79. The number of carbonyl (C=O) groups excluding carboxylic acids is 1. The monoisotopic (exact) mass is 331 g/mol. The van der Waals surface area contributed by atoms with Crippen LogP contribution >= 0.6 is 0 Å². The van der Waals surface area contributed by atoms with Gasteiger partial charge in [-0.05, 0) is 44.4 Å². The molecule has 0 saturated carbocycles. The van der Waals surface area contributed by atoms with E-state index in [-0.39, 0.29) is 11.7 Å². The number of aryl methyl sites for hydroxylation is 2. The first-order valence-electron chi connectivity index (χ1n) is 8.30. The van der Waals surface area contributed by atoms with Crippen LogP contribution in [0.5, 0.6) is 0 Å². The summed E-state index contributed by atoms with van der Waals surface area (Å²) in [7, 11) is 0. The molecule has 0 saturated heterocycles. The number of aromatic nitrogens is 3. The molecule has 0 bridgehead atoms. The third-order valence-electron chi connectivity index (χ3n) is 4.25. The average molecular weight is 331 g/mol. The van der Waals surface area contributed by atoms with E-state index in [1.807, 2.05) is 6.92 Å².